The number of aromatic nitrogens is 1. The first-order valence-corrected chi connectivity index (χ1v) is 11.6. The number of pyridine rings is 1. The summed E-state index contributed by atoms with van der Waals surface area (Å²) in [6.45, 7) is 3.32. The Hall–Kier alpha value is -3.06. The number of anilines is 1. The van der Waals surface area contributed by atoms with Crippen LogP contribution in [0.1, 0.15) is 24.0 Å². The van der Waals surface area contributed by atoms with Crippen molar-refractivity contribution in [3.63, 3.8) is 0 Å². The van der Waals surface area contributed by atoms with Crippen molar-refractivity contribution in [2.75, 3.05) is 25.0 Å². The van der Waals surface area contributed by atoms with Gasteiger partial charge in [-0.25, -0.2) is 4.98 Å². The molecule has 1 aromatic carbocycles. The Morgan fingerprint density at radius 2 is 1.97 bits per heavy atom. The van der Waals surface area contributed by atoms with Gasteiger partial charge >= 0.3 is 0 Å². The van der Waals surface area contributed by atoms with Crippen molar-refractivity contribution in [3.8, 4) is 5.88 Å². The number of nitrogens with zero attached hydrogens (tertiary/aromatic N) is 3. The lowest BCUT2D eigenvalue weighted by atomic mass is 10.1. The Morgan fingerprint density at radius 1 is 1.13 bits per heavy atom. The van der Waals surface area contributed by atoms with Crippen molar-refractivity contribution in [2.24, 2.45) is 4.99 Å². The summed E-state index contributed by atoms with van der Waals surface area (Å²) in [5.41, 5.74) is 2.23. The summed E-state index contributed by atoms with van der Waals surface area (Å²) in [4.78, 5) is 11.2. The monoisotopic (exact) mass is 435 g/mol. The smallest absolute Gasteiger partial charge is 0.213 e. The number of nitrogens with one attached hydrogen (secondary N) is 2. The van der Waals surface area contributed by atoms with Gasteiger partial charge in [-0.1, -0.05) is 30.3 Å². The molecule has 7 heteroatoms. The van der Waals surface area contributed by atoms with E-state index in [1.807, 2.05) is 60.8 Å². The number of rotatable bonds is 7. The van der Waals surface area contributed by atoms with Crippen molar-refractivity contribution >= 4 is 22.3 Å². The molecule has 2 aromatic heterocycles. The zero-order chi connectivity index (χ0) is 21.3. The van der Waals surface area contributed by atoms with Crippen LogP contribution in [0, 0.1) is 0 Å². The molecule has 0 bridgehead atoms. The molecule has 4 rings (SSSR count). The predicted molar refractivity (Wildman–Crippen MR) is 128 cm³/mol. The first kappa shape index (κ1) is 21.2. The van der Waals surface area contributed by atoms with Gasteiger partial charge in [0.15, 0.2) is 5.96 Å². The van der Waals surface area contributed by atoms with Gasteiger partial charge in [0.2, 0.25) is 5.88 Å². The molecule has 162 valence electrons. The van der Waals surface area contributed by atoms with Gasteiger partial charge in [0.1, 0.15) is 6.61 Å². The summed E-state index contributed by atoms with van der Waals surface area (Å²) >= 11 is 1.81. The van der Waals surface area contributed by atoms with Crippen molar-refractivity contribution < 1.29 is 4.74 Å². The van der Waals surface area contributed by atoms with Crippen LogP contribution in [0.5, 0.6) is 5.88 Å². The number of aliphatic imine (C=N–C) groups is 1. The fourth-order valence-corrected chi connectivity index (χ4v) is 4.42. The molecule has 3 aromatic rings. The van der Waals surface area contributed by atoms with Gasteiger partial charge in [0, 0.05) is 45.0 Å². The summed E-state index contributed by atoms with van der Waals surface area (Å²) in [5.74, 6) is 1.46. The standard InChI is InChI=1S/C24H29N5OS/c1-25-24(28-21-10-13-29(14-11-21)23-8-5-15-31-23)27-17-20-9-12-26-22(16-20)30-18-19-6-3-2-4-7-19/h2-9,12,15-16,21H,10-11,13-14,17-18H2,1H3,(H2,25,27,28). The van der Waals surface area contributed by atoms with Crippen LogP contribution < -0.4 is 20.3 Å². The molecule has 0 amide bonds. The highest BCUT2D eigenvalue weighted by Gasteiger charge is 2.20. The van der Waals surface area contributed by atoms with Crippen molar-refractivity contribution in [2.45, 2.75) is 32.0 Å². The van der Waals surface area contributed by atoms with Crippen LogP contribution in [-0.4, -0.2) is 37.1 Å². The summed E-state index contributed by atoms with van der Waals surface area (Å²) < 4.78 is 5.84. The van der Waals surface area contributed by atoms with E-state index in [4.69, 9.17) is 4.74 Å². The molecule has 1 aliphatic heterocycles. The number of benzene rings is 1. The van der Waals surface area contributed by atoms with E-state index in [0.717, 1.165) is 43.0 Å². The lowest BCUT2D eigenvalue weighted by Gasteiger charge is -2.33. The third kappa shape index (κ3) is 6.21. The number of ether oxygens (including phenoxy) is 1. The molecule has 0 unspecified atom stereocenters. The van der Waals surface area contributed by atoms with Gasteiger partial charge in [-0.15, -0.1) is 11.3 Å². The number of guanidine groups is 1. The van der Waals surface area contributed by atoms with E-state index in [0.29, 0.717) is 25.1 Å². The van der Waals surface area contributed by atoms with Crippen LogP contribution in [0.3, 0.4) is 0 Å². The molecule has 3 heterocycles. The molecule has 1 fully saturated rings. The van der Waals surface area contributed by atoms with Crippen LogP contribution >= 0.6 is 11.3 Å². The van der Waals surface area contributed by atoms with Crippen LogP contribution in [0.15, 0.2) is 71.2 Å². The maximum atomic E-state index is 5.84. The molecule has 0 atom stereocenters. The second kappa shape index (κ2) is 10.8. The van der Waals surface area contributed by atoms with E-state index in [1.165, 1.54) is 5.00 Å². The van der Waals surface area contributed by atoms with Crippen LogP contribution in [-0.2, 0) is 13.2 Å². The minimum Gasteiger partial charge on any atom is -0.473 e. The topological polar surface area (TPSA) is 61.8 Å². The van der Waals surface area contributed by atoms with Crippen molar-refractivity contribution in [3.05, 3.63) is 77.3 Å². The van der Waals surface area contributed by atoms with Crippen LogP contribution in [0.4, 0.5) is 5.00 Å². The highest BCUT2D eigenvalue weighted by atomic mass is 32.1. The maximum absolute atomic E-state index is 5.84. The van der Waals surface area contributed by atoms with Gasteiger partial charge in [0.05, 0.1) is 5.00 Å². The second-order valence-corrected chi connectivity index (χ2v) is 8.49. The van der Waals surface area contributed by atoms with Crippen LogP contribution in [0.2, 0.25) is 0 Å². The average molecular weight is 436 g/mol. The Balaban J connectivity index is 1.23. The average Bonchev–Trinajstić information content (AvgIpc) is 3.37. The Morgan fingerprint density at radius 3 is 2.71 bits per heavy atom. The van der Waals surface area contributed by atoms with E-state index < -0.39 is 0 Å². The Kier molecular flexibility index (Phi) is 7.39. The zero-order valence-corrected chi connectivity index (χ0v) is 18.6. The molecule has 1 saturated heterocycles. The second-order valence-electron chi connectivity index (χ2n) is 7.56. The highest BCUT2D eigenvalue weighted by Crippen LogP contribution is 2.24. The first-order valence-electron chi connectivity index (χ1n) is 10.7. The normalized spacial score (nSPS) is 15.0. The fourth-order valence-electron chi connectivity index (χ4n) is 3.64. The molecule has 0 radical (unpaired) electrons. The SMILES string of the molecule is CN=C(NCc1ccnc(OCc2ccccc2)c1)NC1CCN(c2cccs2)CC1. The van der Waals surface area contributed by atoms with Crippen LogP contribution in [0.25, 0.3) is 0 Å². The molecule has 31 heavy (non-hydrogen) atoms. The molecule has 0 saturated carbocycles. The minimum atomic E-state index is 0.435. The lowest BCUT2D eigenvalue weighted by Crippen LogP contribution is -2.48. The highest BCUT2D eigenvalue weighted by molar-refractivity contribution is 7.14. The van der Waals surface area contributed by atoms with Crippen molar-refractivity contribution in [1.29, 1.82) is 0 Å². The molecule has 0 spiro atoms. The van der Waals surface area contributed by atoms with E-state index in [1.54, 1.807) is 6.20 Å². The van der Waals surface area contributed by atoms with Gasteiger partial charge in [0.25, 0.3) is 0 Å². The molecular formula is C24H29N5OS. The summed E-state index contributed by atoms with van der Waals surface area (Å²) in [6, 6.07) is 18.8. The predicted octanol–water partition coefficient (Wildman–Crippen LogP) is 4.06. The Labute approximate surface area is 188 Å². The largest absolute Gasteiger partial charge is 0.473 e. The van der Waals surface area contributed by atoms with E-state index in [-0.39, 0.29) is 0 Å². The quantitative estimate of drug-likeness (QED) is 0.433. The summed E-state index contributed by atoms with van der Waals surface area (Å²) in [6.07, 6.45) is 3.99. The number of hydrogen-bond acceptors (Lipinski definition) is 5. The third-order valence-electron chi connectivity index (χ3n) is 5.37. The molecule has 2 N–H and O–H groups in total. The van der Waals surface area contributed by atoms with Crippen molar-refractivity contribution in [1.82, 2.24) is 15.6 Å². The minimum absolute atomic E-state index is 0.435. The molecule has 6 nitrogen and oxygen atoms in total. The van der Waals surface area contributed by atoms with E-state index >= 15 is 0 Å². The summed E-state index contributed by atoms with van der Waals surface area (Å²) in [5, 5.41) is 10.5. The Bertz CT molecular complexity index is 953. The molecular weight excluding hydrogens is 406 g/mol. The zero-order valence-electron chi connectivity index (χ0n) is 17.8. The molecule has 0 aliphatic carbocycles. The summed E-state index contributed by atoms with van der Waals surface area (Å²) in [7, 11) is 1.82. The number of piperidine rings is 1. The van der Waals surface area contributed by atoms with Gasteiger partial charge in [-0.3, -0.25) is 4.99 Å². The lowest BCUT2D eigenvalue weighted by molar-refractivity contribution is 0.293. The molecule has 1 aliphatic rings. The third-order valence-corrected chi connectivity index (χ3v) is 6.29. The number of hydrogen-bond donors (Lipinski definition) is 2. The fraction of sp³-hybridized carbons (Fsp3) is 0.333. The van der Waals surface area contributed by atoms with Gasteiger partial charge in [-0.05, 0) is 47.5 Å². The first-order chi connectivity index (χ1) is 15.3. The van der Waals surface area contributed by atoms with E-state index in [2.05, 4.69) is 43.0 Å². The van der Waals surface area contributed by atoms with Gasteiger partial charge in [-0.2, -0.15) is 0 Å². The maximum Gasteiger partial charge on any atom is 0.213 e. The van der Waals surface area contributed by atoms with E-state index in [9.17, 15) is 0 Å². The van der Waals surface area contributed by atoms with Gasteiger partial charge < -0.3 is 20.3 Å². The number of thiophene rings is 1.